The SMILES string of the molecule is CCCCCCCCCCCCCCCCCC[N-]CCCCCCCCCCCCCCCCCC.CCCCCCCCCCO.[Cl][Ti][Cl]. The molecule has 0 spiro atoms. The average molecular weight is 798 g/mol. The zero-order valence-electron chi connectivity index (χ0n) is 35.6. The van der Waals surface area contributed by atoms with E-state index < -0.39 is 17.0 Å². The van der Waals surface area contributed by atoms with Crippen molar-refractivity contribution in [3.05, 3.63) is 5.32 Å². The van der Waals surface area contributed by atoms with Crippen molar-refractivity contribution in [2.75, 3.05) is 19.7 Å². The van der Waals surface area contributed by atoms with E-state index in [-0.39, 0.29) is 0 Å². The molecule has 0 saturated carbocycles. The molecule has 0 aromatic rings. The Hall–Kier alpha value is 1.21. The van der Waals surface area contributed by atoms with Crippen molar-refractivity contribution in [2.45, 2.75) is 278 Å². The first-order valence-electron chi connectivity index (χ1n) is 23.4. The van der Waals surface area contributed by atoms with E-state index in [9.17, 15) is 0 Å². The number of nitrogens with zero attached hydrogens (tertiary/aromatic N) is 1. The number of hydrogen-bond donors (Lipinski definition) is 1. The predicted molar refractivity (Wildman–Crippen MR) is 234 cm³/mol. The molecule has 0 heterocycles. The Kier molecular flexibility index (Phi) is 67.0. The van der Waals surface area contributed by atoms with Gasteiger partial charge in [0.1, 0.15) is 0 Å². The minimum atomic E-state index is -0.556. The number of halogens is 2. The molecule has 51 heavy (non-hydrogen) atoms. The molecule has 0 aromatic carbocycles. The van der Waals surface area contributed by atoms with Crippen molar-refractivity contribution < 1.29 is 22.1 Å². The first-order chi connectivity index (χ1) is 25.2. The molecule has 1 N–H and O–H groups in total. The van der Waals surface area contributed by atoms with Crippen LogP contribution in [0.5, 0.6) is 0 Å². The molecule has 0 aliphatic rings. The van der Waals surface area contributed by atoms with Crippen LogP contribution < -0.4 is 0 Å². The normalized spacial score (nSPS) is 10.9. The van der Waals surface area contributed by atoms with Gasteiger partial charge in [0, 0.05) is 6.61 Å². The van der Waals surface area contributed by atoms with E-state index in [0.717, 1.165) is 19.5 Å². The summed E-state index contributed by atoms with van der Waals surface area (Å²) in [6.45, 7) is 9.47. The van der Waals surface area contributed by atoms with Crippen molar-refractivity contribution >= 4 is 18.6 Å². The Morgan fingerprint density at radius 1 is 0.294 bits per heavy atom. The molecular weight excluding hydrogens is 701 g/mol. The molecule has 0 aliphatic heterocycles. The summed E-state index contributed by atoms with van der Waals surface area (Å²) in [4.78, 5) is 0. The van der Waals surface area contributed by atoms with Crippen LogP contribution in [0.3, 0.4) is 0 Å². The summed E-state index contributed by atoms with van der Waals surface area (Å²) in [5.41, 5.74) is 0. The van der Waals surface area contributed by atoms with Gasteiger partial charge in [-0.3, -0.25) is 0 Å². The molecule has 5 heteroatoms. The Morgan fingerprint density at radius 2 is 0.451 bits per heavy atom. The third-order valence-electron chi connectivity index (χ3n) is 10.4. The first kappa shape index (κ1) is 56.5. The summed E-state index contributed by atoms with van der Waals surface area (Å²) in [6, 6.07) is 0. The van der Waals surface area contributed by atoms with Gasteiger partial charge in [-0.05, 0) is 6.42 Å². The molecule has 0 bridgehead atoms. The van der Waals surface area contributed by atoms with Crippen LogP contribution in [0.4, 0.5) is 0 Å². The van der Waals surface area contributed by atoms with Crippen molar-refractivity contribution in [3.63, 3.8) is 0 Å². The summed E-state index contributed by atoms with van der Waals surface area (Å²) >= 11 is -0.556. The molecule has 0 unspecified atom stereocenters. The first-order valence-corrected chi connectivity index (χ1v) is 27.7. The summed E-state index contributed by atoms with van der Waals surface area (Å²) in [5, 5.41) is 13.3. The van der Waals surface area contributed by atoms with E-state index in [4.69, 9.17) is 29.0 Å². The van der Waals surface area contributed by atoms with Crippen LogP contribution in [-0.4, -0.2) is 24.8 Å². The summed E-state index contributed by atoms with van der Waals surface area (Å²) in [7, 11) is 9.78. The molecule has 0 rings (SSSR count). The number of aliphatic hydroxyl groups excluding tert-OH is 1. The van der Waals surface area contributed by atoms with Gasteiger partial charge < -0.3 is 10.4 Å². The van der Waals surface area contributed by atoms with Gasteiger partial charge >= 0.3 is 35.6 Å². The van der Waals surface area contributed by atoms with Crippen LogP contribution in [0, 0.1) is 0 Å². The van der Waals surface area contributed by atoms with Gasteiger partial charge in [-0.2, -0.15) is 0 Å². The van der Waals surface area contributed by atoms with Gasteiger partial charge in [-0.15, -0.1) is 13.1 Å². The number of aliphatic hydroxyl groups is 1. The Balaban J connectivity index is -0.00000137. The van der Waals surface area contributed by atoms with E-state index in [2.05, 4.69) is 20.8 Å². The summed E-state index contributed by atoms with van der Waals surface area (Å²) in [5.74, 6) is 0. The minimum absolute atomic E-state index is 0.370. The second kappa shape index (κ2) is 60.5. The van der Waals surface area contributed by atoms with Gasteiger partial charge in [0.05, 0.1) is 0 Å². The van der Waals surface area contributed by atoms with Crippen LogP contribution >= 0.6 is 18.6 Å². The molecule has 0 radical (unpaired) electrons. The molecule has 310 valence electrons. The third-order valence-corrected chi connectivity index (χ3v) is 10.4. The van der Waals surface area contributed by atoms with Crippen LogP contribution in [0.2, 0.25) is 0 Å². The standard InChI is InChI=1S/C36H74N.C10H22O.2ClH.Ti/c1-3-5-7-9-11-13-15-17-19-21-23-25-27-29-31-33-35-37-36-34-32-30-28-26-24-22-20-18-16-14-12-10-8-6-4-2;1-2-3-4-5-6-7-8-9-10-11;;;/h3-36H2,1-2H3;11H,2-10H2,1H3;2*1H;/q-1;;;;+2/p-2. The molecular formula is C46H96Cl2NOTi-. The van der Waals surface area contributed by atoms with Crippen molar-refractivity contribution in [2.24, 2.45) is 0 Å². The fourth-order valence-electron chi connectivity index (χ4n) is 6.90. The van der Waals surface area contributed by atoms with Gasteiger partial charge in [-0.25, -0.2) is 0 Å². The van der Waals surface area contributed by atoms with Crippen molar-refractivity contribution in [1.82, 2.24) is 0 Å². The topological polar surface area (TPSA) is 34.3 Å². The number of unbranched alkanes of at least 4 members (excludes halogenated alkanes) is 37. The Morgan fingerprint density at radius 3 is 0.627 bits per heavy atom. The zero-order valence-corrected chi connectivity index (χ0v) is 38.6. The quantitative estimate of drug-likeness (QED) is 0.0484. The molecule has 0 saturated heterocycles. The van der Waals surface area contributed by atoms with Gasteiger partial charge in [0.15, 0.2) is 0 Å². The van der Waals surface area contributed by atoms with Crippen LogP contribution in [0.15, 0.2) is 0 Å². The Labute approximate surface area is 341 Å². The molecule has 0 aliphatic carbocycles. The van der Waals surface area contributed by atoms with Crippen LogP contribution in [0.1, 0.15) is 278 Å². The molecule has 0 atom stereocenters. The van der Waals surface area contributed by atoms with Crippen molar-refractivity contribution in [1.29, 1.82) is 0 Å². The molecule has 0 aromatic heterocycles. The van der Waals surface area contributed by atoms with Crippen LogP contribution in [0.25, 0.3) is 5.32 Å². The monoisotopic (exact) mass is 797 g/mol. The number of hydrogen-bond acceptors (Lipinski definition) is 1. The molecule has 0 amide bonds. The van der Waals surface area contributed by atoms with Gasteiger partial charge in [-0.1, -0.05) is 271 Å². The average Bonchev–Trinajstić information content (AvgIpc) is 3.14. The van der Waals surface area contributed by atoms with E-state index in [1.54, 1.807) is 0 Å². The fraction of sp³-hybridized carbons (Fsp3) is 1.00. The Bertz CT molecular complexity index is 485. The van der Waals surface area contributed by atoms with Crippen LogP contribution in [-0.2, 0) is 17.0 Å². The second-order valence-corrected chi connectivity index (χ2v) is 18.1. The second-order valence-electron chi connectivity index (χ2n) is 15.5. The van der Waals surface area contributed by atoms with E-state index in [1.165, 1.54) is 250 Å². The third kappa shape index (κ3) is 66.4. The van der Waals surface area contributed by atoms with Gasteiger partial charge in [0.2, 0.25) is 0 Å². The summed E-state index contributed by atoms with van der Waals surface area (Å²) in [6.07, 6.45) is 56.7. The molecule has 2 nitrogen and oxygen atoms in total. The van der Waals surface area contributed by atoms with E-state index in [0.29, 0.717) is 6.61 Å². The fourth-order valence-corrected chi connectivity index (χ4v) is 6.90. The van der Waals surface area contributed by atoms with E-state index in [1.807, 2.05) is 0 Å². The predicted octanol–water partition coefficient (Wildman–Crippen LogP) is 18.4. The number of rotatable bonds is 42. The van der Waals surface area contributed by atoms with Crippen molar-refractivity contribution in [3.8, 4) is 0 Å². The maximum absolute atomic E-state index is 8.51. The zero-order chi connectivity index (χ0) is 37.8. The van der Waals surface area contributed by atoms with E-state index >= 15 is 0 Å². The maximum atomic E-state index is 8.51. The summed E-state index contributed by atoms with van der Waals surface area (Å²) < 4.78 is 0. The molecule has 0 fully saturated rings. The van der Waals surface area contributed by atoms with Gasteiger partial charge in [0.25, 0.3) is 0 Å².